The zero-order valence-electron chi connectivity index (χ0n) is 20.1. The van der Waals surface area contributed by atoms with Gasteiger partial charge in [-0.3, -0.25) is 4.79 Å². The summed E-state index contributed by atoms with van der Waals surface area (Å²) >= 11 is 0. The van der Waals surface area contributed by atoms with Crippen LogP contribution in [-0.4, -0.2) is 76.5 Å². The number of rotatable bonds is 7. The molecule has 5 rings (SSSR count). The third-order valence-corrected chi connectivity index (χ3v) is 8.72. The molecule has 3 aliphatic rings. The SMILES string of the molecule is CCc1cccc(C(CNC)C(=O)N2CC3=C(C2)CN(S(=O)(=O)c2ccc4c(c2)OCCO4)C3)c1. The molecule has 1 unspecified atom stereocenters. The maximum Gasteiger partial charge on any atom is 0.243 e. The van der Waals surface area contributed by atoms with Gasteiger partial charge in [-0.15, -0.1) is 0 Å². The molecule has 0 aliphatic carbocycles. The van der Waals surface area contributed by atoms with Crippen molar-refractivity contribution in [3.63, 3.8) is 0 Å². The van der Waals surface area contributed by atoms with Gasteiger partial charge in [-0.05, 0) is 47.9 Å². The highest BCUT2D eigenvalue weighted by Gasteiger charge is 2.39. The van der Waals surface area contributed by atoms with Crippen molar-refractivity contribution in [2.24, 2.45) is 0 Å². The maximum absolute atomic E-state index is 13.5. The van der Waals surface area contributed by atoms with Gasteiger partial charge in [0.2, 0.25) is 15.9 Å². The minimum absolute atomic E-state index is 0.0725. The number of hydrogen-bond donors (Lipinski definition) is 1. The van der Waals surface area contributed by atoms with Gasteiger partial charge in [0, 0.05) is 38.8 Å². The van der Waals surface area contributed by atoms with E-state index in [1.165, 1.54) is 15.9 Å². The number of sulfonamides is 1. The number of hydrogen-bond acceptors (Lipinski definition) is 6. The second-order valence-corrected chi connectivity index (χ2v) is 11.1. The van der Waals surface area contributed by atoms with Crippen LogP contribution in [0, 0.1) is 0 Å². The van der Waals surface area contributed by atoms with E-state index in [4.69, 9.17) is 9.47 Å². The molecule has 2 aromatic carbocycles. The van der Waals surface area contributed by atoms with Gasteiger partial charge in [0.25, 0.3) is 0 Å². The van der Waals surface area contributed by atoms with Crippen molar-refractivity contribution in [2.75, 3.05) is 53.0 Å². The Morgan fingerprint density at radius 2 is 1.71 bits per heavy atom. The first-order valence-electron chi connectivity index (χ1n) is 12.0. The van der Waals surface area contributed by atoms with E-state index in [0.717, 1.165) is 23.1 Å². The van der Waals surface area contributed by atoms with Gasteiger partial charge in [-0.25, -0.2) is 8.42 Å². The number of carbonyl (C=O) groups excluding carboxylic acids is 1. The van der Waals surface area contributed by atoms with E-state index in [1.807, 2.05) is 24.1 Å². The van der Waals surface area contributed by atoms with Crippen LogP contribution in [0.1, 0.15) is 24.0 Å². The average Bonchev–Trinajstić information content (AvgIpc) is 3.47. The quantitative estimate of drug-likeness (QED) is 0.590. The van der Waals surface area contributed by atoms with Crippen molar-refractivity contribution < 1.29 is 22.7 Å². The molecule has 1 N–H and O–H groups in total. The number of likely N-dealkylation sites (N-methyl/N-ethyl adjacent to an activating group) is 1. The van der Waals surface area contributed by atoms with E-state index < -0.39 is 10.0 Å². The minimum atomic E-state index is -3.68. The van der Waals surface area contributed by atoms with Crippen LogP contribution in [0.25, 0.3) is 0 Å². The van der Waals surface area contributed by atoms with Crippen LogP contribution in [0.3, 0.4) is 0 Å². The Balaban J connectivity index is 1.27. The lowest BCUT2D eigenvalue weighted by Crippen LogP contribution is -2.40. The standard InChI is InChI=1S/C26H31N3O5S/c1-3-18-5-4-6-19(11-18)23(13-27-2)26(30)28-14-20-16-29(17-21(20)15-28)35(31,32)22-7-8-24-25(12-22)34-10-9-33-24/h4-8,11-12,23,27H,3,9-10,13-17H2,1-2H3. The van der Waals surface area contributed by atoms with Crippen LogP contribution in [0.4, 0.5) is 0 Å². The molecule has 8 nitrogen and oxygen atoms in total. The fourth-order valence-electron chi connectivity index (χ4n) is 5.01. The summed E-state index contributed by atoms with van der Waals surface area (Å²) in [5, 5.41) is 3.16. The van der Waals surface area contributed by atoms with Crippen molar-refractivity contribution in [3.8, 4) is 11.5 Å². The zero-order valence-corrected chi connectivity index (χ0v) is 20.9. The number of aryl methyl sites for hydroxylation is 1. The predicted octanol–water partition coefficient (Wildman–Crippen LogP) is 2.17. The first kappa shape index (κ1) is 23.8. The van der Waals surface area contributed by atoms with Crippen LogP contribution >= 0.6 is 0 Å². The Morgan fingerprint density at radius 1 is 1.00 bits per heavy atom. The van der Waals surface area contributed by atoms with Crippen molar-refractivity contribution >= 4 is 15.9 Å². The number of carbonyl (C=O) groups is 1. The molecule has 186 valence electrons. The lowest BCUT2D eigenvalue weighted by Gasteiger charge is -2.27. The summed E-state index contributed by atoms with van der Waals surface area (Å²) in [4.78, 5) is 15.6. The lowest BCUT2D eigenvalue weighted by atomic mass is 9.95. The van der Waals surface area contributed by atoms with Gasteiger partial charge in [0.15, 0.2) is 11.5 Å². The fourth-order valence-corrected chi connectivity index (χ4v) is 6.45. The number of ether oxygens (including phenoxy) is 2. The van der Waals surface area contributed by atoms with Crippen LogP contribution in [0.2, 0.25) is 0 Å². The third-order valence-electron chi connectivity index (χ3n) is 6.93. The van der Waals surface area contributed by atoms with Crippen LogP contribution in [0.15, 0.2) is 58.5 Å². The average molecular weight is 498 g/mol. The van der Waals surface area contributed by atoms with Crippen molar-refractivity contribution in [3.05, 3.63) is 64.7 Å². The van der Waals surface area contributed by atoms with E-state index in [2.05, 4.69) is 24.4 Å². The summed E-state index contributed by atoms with van der Waals surface area (Å²) in [7, 11) is -1.83. The van der Waals surface area contributed by atoms with E-state index in [0.29, 0.717) is 57.4 Å². The number of nitrogens with one attached hydrogen (secondary N) is 1. The summed E-state index contributed by atoms with van der Waals surface area (Å²) in [5.41, 5.74) is 4.26. The van der Waals surface area contributed by atoms with E-state index in [9.17, 15) is 13.2 Å². The Hall–Kier alpha value is -2.88. The predicted molar refractivity (Wildman–Crippen MR) is 132 cm³/mol. The Labute approximate surface area is 206 Å². The summed E-state index contributed by atoms with van der Waals surface area (Å²) in [6.07, 6.45) is 0.918. The smallest absolute Gasteiger partial charge is 0.243 e. The monoisotopic (exact) mass is 497 g/mol. The topological polar surface area (TPSA) is 88.2 Å². The molecule has 2 aromatic rings. The Kier molecular flexibility index (Phi) is 6.57. The molecule has 35 heavy (non-hydrogen) atoms. The molecule has 0 fully saturated rings. The van der Waals surface area contributed by atoms with E-state index >= 15 is 0 Å². The molecule has 0 bridgehead atoms. The molecule has 1 amide bonds. The fraction of sp³-hybridized carbons (Fsp3) is 0.423. The highest BCUT2D eigenvalue weighted by molar-refractivity contribution is 7.89. The molecule has 3 heterocycles. The van der Waals surface area contributed by atoms with Crippen molar-refractivity contribution in [1.29, 1.82) is 0 Å². The number of amides is 1. The molecule has 0 aromatic heterocycles. The van der Waals surface area contributed by atoms with E-state index in [1.54, 1.807) is 12.1 Å². The van der Waals surface area contributed by atoms with Crippen molar-refractivity contribution in [1.82, 2.24) is 14.5 Å². The maximum atomic E-state index is 13.5. The number of benzene rings is 2. The lowest BCUT2D eigenvalue weighted by molar-refractivity contribution is -0.131. The number of nitrogens with zero attached hydrogens (tertiary/aromatic N) is 2. The van der Waals surface area contributed by atoms with Gasteiger partial charge >= 0.3 is 0 Å². The van der Waals surface area contributed by atoms with Gasteiger partial charge in [0.05, 0.1) is 10.8 Å². The van der Waals surface area contributed by atoms with Crippen LogP contribution < -0.4 is 14.8 Å². The summed E-state index contributed by atoms with van der Waals surface area (Å²) in [5.74, 6) is 0.816. The second kappa shape index (κ2) is 9.64. The molecule has 0 saturated carbocycles. The highest BCUT2D eigenvalue weighted by Crippen LogP contribution is 2.36. The normalized spacial score (nSPS) is 18.6. The van der Waals surface area contributed by atoms with Crippen LogP contribution in [0.5, 0.6) is 11.5 Å². The molecule has 3 aliphatic heterocycles. The van der Waals surface area contributed by atoms with Gasteiger partial charge in [-0.1, -0.05) is 31.2 Å². The first-order chi connectivity index (χ1) is 16.9. The molecule has 9 heteroatoms. The summed E-state index contributed by atoms with van der Waals surface area (Å²) in [6, 6.07) is 13.0. The van der Waals surface area contributed by atoms with Gasteiger partial charge in [0.1, 0.15) is 13.2 Å². The van der Waals surface area contributed by atoms with Gasteiger partial charge in [-0.2, -0.15) is 4.31 Å². The first-order valence-corrected chi connectivity index (χ1v) is 13.5. The largest absolute Gasteiger partial charge is 0.486 e. The Morgan fingerprint density at radius 3 is 2.40 bits per heavy atom. The molecular formula is C26H31N3O5S. The molecule has 0 spiro atoms. The zero-order chi connectivity index (χ0) is 24.6. The Bertz CT molecular complexity index is 1260. The molecular weight excluding hydrogens is 466 g/mol. The molecule has 0 saturated heterocycles. The minimum Gasteiger partial charge on any atom is -0.486 e. The third kappa shape index (κ3) is 4.55. The summed E-state index contributed by atoms with van der Waals surface area (Å²) in [6.45, 7) is 5.05. The second-order valence-electron chi connectivity index (χ2n) is 9.19. The van der Waals surface area contributed by atoms with Crippen molar-refractivity contribution in [2.45, 2.75) is 24.2 Å². The molecule has 1 atom stereocenters. The van der Waals surface area contributed by atoms with Crippen LogP contribution in [-0.2, 0) is 21.2 Å². The summed E-state index contributed by atoms with van der Waals surface area (Å²) < 4.78 is 39.2. The number of fused-ring (bicyclic) bond motifs is 1. The van der Waals surface area contributed by atoms with E-state index in [-0.39, 0.29) is 16.7 Å². The molecule has 0 radical (unpaired) electrons. The van der Waals surface area contributed by atoms with Gasteiger partial charge < -0.3 is 19.7 Å². The highest BCUT2D eigenvalue weighted by atomic mass is 32.2.